The van der Waals surface area contributed by atoms with Crippen molar-refractivity contribution < 1.29 is 10.2 Å². The van der Waals surface area contributed by atoms with Crippen LogP contribution in [0.3, 0.4) is 0 Å². The molecule has 0 radical (unpaired) electrons. The molecule has 0 bridgehead atoms. The lowest BCUT2D eigenvalue weighted by Crippen LogP contribution is -2.42. The largest absolute Gasteiger partial charge is 0.390 e. The van der Waals surface area contributed by atoms with Gasteiger partial charge < -0.3 is 20.1 Å². The third kappa shape index (κ3) is 2.52. The van der Waals surface area contributed by atoms with Crippen LogP contribution in [0.25, 0.3) is 11.2 Å². The molecule has 4 aliphatic carbocycles. The third-order valence-corrected chi connectivity index (χ3v) is 7.97. The summed E-state index contributed by atoms with van der Waals surface area (Å²) in [5, 5.41) is 24.6. The Morgan fingerprint density at radius 2 is 1.75 bits per heavy atom. The molecule has 0 aliphatic heterocycles. The molecule has 2 aromatic heterocycles. The molecule has 4 aliphatic rings. The zero-order chi connectivity index (χ0) is 19.0. The van der Waals surface area contributed by atoms with Crippen molar-refractivity contribution in [1.29, 1.82) is 0 Å². The average molecular weight is 404 g/mol. The second kappa shape index (κ2) is 6.28. The summed E-state index contributed by atoms with van der Waals surface area (Å²) >= 11 is 6.29. The Labute approximate surface area is 168 Å². The van der Waals surface area contributed by atoms with Gasteiger partial charge in [-0.3, -0.25) is 0 Å². The molecule has 2 unspecified atom stereocenters. The fourth-order valence-corrected chi connectivity index (χ4v) is 5.85. The fourth-order valence-electron chi connectivity index (χ4n) is 5.69. The minimum absolute atomic E-state index is 0.189. The minimum Gasteiger partial charge on any atom is -0.390 e. The van der Waals surface area contributed by atoms with Crippen molar-refractivity contribution in [3.8, 4) is 0 Å². The average Bonchev–Trinajstić information content (AvgIpc) is 3.17. The lowest BCUT2D eigenvalue weighted by atomic mass is 9.68. The van der Waals surface area contributed by atoms with Gasteiger partial charge in [-0.2, -0.15) is 9.97 Å². The number of aliphatic hydroxyl groups excluding tert-OH is 2. The van der Waals surface area contributed by atoms with E-state index in [1.807, 2.05) is 4.57 Å². The number of hydrogen-bond acceptors (Lipinski definition) is 6. The number of aromatic nitrogens is 4. The molecule has 0 saturated heterocycles. The van der Waals surface area contributed by atoms with Crippen LogP contribution in [-0.2, 0) is 0 Å². The standard InChI is InChI=1S/C20H26ClN5O2/c21-20-24-18(23-13(9-3-1-4-9)10-5-2-6-10)14-19(25-20)26(8-22-14)15-11-7-12(11)16(27)17(15)28/h8-13,15-17,27-28H,1-7H2,(H,23,24,25)/t11?,12-,15-,16?,17+/m1/s1. The van der Waals surface area contributed by atoms with Gasteiger partial charge >= 0.3 is 0 Å². The van der Waals surface area contributed by atoms with Crippen molar-refractivity contribution in [1.82, 2.24) is 19.5 Å². The number of fused-ring (bicyclic) bond motifs is 2. The molecule has 0 amide bonds. The van der Waals surface area contributed by atoms with Crippen LogP contribution in [0.2, 0.25) is 5.28 Å². The summed E-state index contributed by atoms with van der Waals surface area (Å²) in [6.45, 7) is 0. The molecule has 4 saturated carbocycles. The van der Waals surface area contributed by atoms with Crippen LogP contribution in [0.1, 0.15) is 51.0 Å². The first-order valence-corrected chi connectivity index (χ1v) is 11.0. The molecule has 0 spiro atoms. The zero-order valence-electron chi connectivity index (χ0n) is 15.7. The molecular formula is C20H26ClN5O2. The molecule has 150 valence electrons. The summed E-state index contributed by atoms with van der Waals surface area (Å²) in [5.74, 6) is 2.59. The Kier molecular flexibility index (Phi) is 3.91. The molecule has 8 heteroatoms. The Hall–Kier alpha value is -1.44. The monoisotopic (exact) mass is 403 g/mol. The van der Waals surface area contributed by atoms with Gasteiger partial charge in [0.15, 0.2) is 17.0 Å². The van der Waals surface area contributed by atoms with E-state index in [2.05, 4.69) is 20.3 Å². The normalized spacial score (nSPS) is 35.1. The lowest BCUT2D eigenvalue weighted by Gasteiger charge is -2.43. The highest BCUT2D eigenvalue weighted by molar-refractivity contribution is 6.28. The van der Waals surface area contributed by atoms with Crippen molar-refractivity contribution >= 4 is 28.6 Å². The summed E-state index contributed by atoms with van der Waals surface area (Å²) in [7, 11) is 0. The second-order valence-electron chi connectivity index (χ2n) is 9.25. The third-order valence-electron chi connectivity index (χ3n) is 7.80. The maximum absolute atomic E-state index is 10.5. The highest BCUT2D eigenvalue weighted by Crippen LogP contribution is 2.58. The van der Waals surface area contributed by atoms with E-state index in [-0.39, 0.29) is 23.2 Å². The Morgan fingerprint density at radius 3 is 2.32 bits per heavy atom. The quantitative estimate of drug-likeness (QED) is 0.664. The molecule has 5 atom stereocenters. The van der Waals surface area contributed by atoms with Crippen molar-refractivity contribution in [2.24, 2.45) is 23.7 Å². The first-order valence-electron chi connectivity index (χ1n) is 10.6. The topological polar surface area (TPSA) is 96.1 Å². The van der Waals surface area contributed by atoms with Gasteiger partial charge in [0.1, 0.15) is 6.10 Å². The van der Waals surface area contributed by atoms with Crippen LogP contribution < -0.4 is 5.32 Å². The summed E-state index contributed by atoms with van der Waals surface area (Å²) < 4.78 is 1.90. The van der Waals surface area contributed by atoms with Crippen LogP contribution >= 0.6 is 11.6 Å². The van der Waals surface area contributed by atoms with Crippen molar-refractivity contribution in [2.45, 2.75) is 69.2 Å². The first kappa shape index (κ1) is 17.4. The number of anilines is 1. The Bertz CT molecular complexity index is 897. The van der Waals surface area contributed by atoms with Crippen molar-refractivity contribution in [3.05, 3.63) is 11.6 Å². The van der Waals surface area contributed by atoms with E-state index in [1.165, 1.54) is 38.5 Å². The Morgan fingerprint density at radius 1 is 1.04 bits per heavy atom. The zero-order valence-corrected chi connectivity index (χ0v) is 16.5. The Balaban J connectivity index is 1.37. The van der Waals surface area contributed by atoms with Crippen LogP contribution in [-0.4, -0.2) is 48.0 Å². The number of imidazole rings is 1. The summed E-state index contributed by atoms with van der Waals surface area (Å²) in [4.78, 5) is 13.5. The highest BCUT2D eigenvalue weighted by atomic mass is 35.5. The number of aliphatic hydroxyl groups is 2. The van der Waals surface area contributed by atoms with Crippen LogP contribution in [0.15, 0.2) is 6.33 Å². The maximum atomic E-state index is 10.5. The van der Waals surface area contributed by atoms with Gasteiger partial charge in [0.05, 0.1) is 18.5 Å². The molecule has 2 heterocycles. The molecule has 6 rings (SSSR count). The van der Waals surface area contributed by atoms with Gasteiger partial charge in [-0.25, -0.2) is 4.98 Å². The smallest absolute Gasteiger partial charge is 0.226 e. The van der Waals surface area contributed by atoms with E-state index in [1.54, 1.807) is 6.33 Å². The highest BCUT2D eigenvalue weighted by Gasteiger charge is 2.60. The number of hydrogen-bond donors (Lipinski definition) is 3. The van der Waals surface area contributed by atoms with Crippen LogP contribution in [0.4, 0.5) is 5.82 Å². The molecule has 7 nitrogen and oxygen atoms in total. The molecule has 2 aromatic rings. The van der Waals surface area contributed by atoms with Crippen LogP contribution in [0.5, 0.6) is 0 Å². The molecule has 4 fully saturated rings. The maximum Gasteiger partial charge on any atom is 0.226 e. The van der Waals surface area contributed by atoms with E-state index >= 15 is 0 Å². The van der Waals surface area contributed by atoms with Gasteiger partial charge in [-0.15, -0.1) is 0 Å². The number of nitrogens with zero attached hydrogens (tertiary/aromatic N) is 4. The minimum atomic E-state index is -0.788. The van der Waals surface area contributed by atoms with Gasteiger partial charge in [0.25, 0.3) is 0 Å². The molecule has 0 aromatic carbocycles. The van der Waals surface area contributed by atoms with E-state index in [0.717, 1.165) is 6.42 Å². The number of rotatable bonds is 5. The van der Waals surface area contributed by atoms with Gasteiger partial charge in [-0.05, 0) is 67.4 Å². The first-order chi connectivity index (χ1) is 13.6. The lowest BCUT2D eigenvalue weighted by molar-refractivity contribution is 0.00386. The predicted molar refractivity (Wildman–Crippen MR) is 105 cm³/mol. The molecule has 3 N–H and O–H groups in total. The van der Waals surface area contributed by atoms with E-state index < -0.39 is 12.2 Å². The van der Waals surface area contributed by atoms with E-state index in [0.29, 0.717) is 34.9 Å². The SMILES string of the molecule is OC1[C@@H]2CC2[C@@H](n2cnc3c(NC(C4CCC4)C4CCC4)nc(Cl)nc32)[C@@H]1O. The molecule has 28 heavy (non-hydrogen) atoms. The van der Waals surface area contributed by atoms with Crippen LogP contribution in [0, 0.1) is 23.7 Å². The van der Waals surface area contributed by atoms with Gasteiger partial charge in [0, 0.05) is 6.04 Å². The fraction of sp³-hybridized carbons (Fsp3) is 0.750. The van der Waals surface area contributed by atoms with Gasteiger partial charge in [0.2, 0.25) is 5.28 Å². The van der Waals surface area contributed by atoms with E-state index in [4.69, 9.17) is 11.6 Å². The summed E-state index contributed by atoms with van der Waals surface area (Å²) in [5.41, 5.74) is 1.35. The second-order valence-corrected chi connectivity index (χ2v) is 9.59. The predicted octanol–water partition coefficient (Wildman–Crippen LogP) is 2.77. The van der Waals surface area contributed by atoms with Gasteiger partial charge in [-0.1, -0.05) is 12.8 Å². The number of nitrogens with one attached hydrogen (secondary N) is 1. The van der Waals surface area contributed by atoms with Crippen molar-refractivity contribution in [2.75, 3.05) is 5.32 Å². The summed E-state index contributed by atoms with van der Waals surface area (Å²) in [6, 6.07) is 0.228. The number of halogens is 1. The summed E-state index contributed by atoms with van der Waals surface area (Å²) in [6.07, 6.45) is 8.96. The van der Waals surface area contributed by atoms with E-state index in [9.17, 15) is 10.2 Å². The molecular weight excluding hydrogens is 378 g/mol. The van der Waals surface area contributed by atoms with Crippen molar-refractivity contribution in [3.63, 3.8) is 0 Å².